The fraction of sp³-hybridized carbons (Fsp3) is 0.130. The monoisotopic (exact) mass is 470 g/mol. The molecule has 3 aromatic rings. The van der Waals surface area contributed by atoms with Gasteiger partial charge in [-0.15, -0.1) is 0 Å². The maximum Gasteiger partial charge on any atom is 0.277 e. The van der Waals surface area contributed by atoms with E-state index < -0.39 is 0 Å². The van der Waals surface area contributed by atoms with Gasteiger partial charge in [0, 0.05) is 5.02 Å². The van der Waals surface area contributed by atoms with Gasteiger partial charge in [-0.25, -0.2) is 5.43 Å². The number of halogens is 2. The molecule has 3 aromatic carbocycles. The fourth-order valence-electron chi connectivity index (χ4n) is 2.73. The van der Waals surface area contributed by atoms with Gasteiger partial charge in [0.05, 0.1) is 10.2 Å². The second-order valence-corrected chi connectivity index (χ2v) is 7.54. The molecule has 6 heteroatoms. The van der Waals surface area contributed by atoms with E-state index >= 15 is 0 Å². The van der Waals surface area contributed by atoms with Crippen LogP contribution in [0, 0.1) is 0 Å². The highest BCUT2D eigenvalue weighted by Crippen LogP contribution is 2.27. The normalized spacial score (nSPS) is 11.2. The molecule has 0 aromatic heterocycles. The van der Waals surface area contributed by atoms with E-state index in [1.165, 1.54) is 0 Å². The van der Waals surface area contributed by atoms with Gasteiger partial charge in [0.2, 0.25) is 0 Å². The Bertz CT molecular complexity index is 1010. The molecule has 0 aliphatic rings. The smallest absolute Gasteiger partial charge is 0.277 e. The summed E-state index contributed by atoms with van der Waals surface area (Å²) in [5, 5.41) is 4.86. The maximum absolute atomic E-state index is 12.1. The van der Waals surface area contributed by atoms with Crippen molar-refractivity contribution in [3.63, 3.8) is 0 Å². The Morgan fingerprint density at radius 2 is 1.72 bits per heavy atom. The minimum Gasteiger partial charge on any atom is -0.483 e. The summed E-state index contributed by atoms with van der Waals surface area (Å²) in [7, 11) is 0. The van der Waals surface area contributed by atoms with Gasteiger partial charge >= 0.3 is 0 Å². The molecule has 0 saturated carbocycles. The van der Waals surface area contributed by atoms with Crippen molar-refractivity contribution in [2.24, 2.45) is 5.10 Å². The minimum absolute atomic E-state index is 0.145. The maximum atomic E-state index is 12.1. The molecule has 0 atom stereocenters. The van der Waals surface area contributed by atoms with E-state index in [4.69, 9.17) is 16.3 Å². The third-order valence-electron chi connectivity index (χ3n) is 4.23. The lowest BCUT2D eigenvalue weighted by molar-refractivity contribution is -0.123. The highest BCUT2D eigenvalue weighted by Gasteiger charge is 2.07. The van der Waals surface area contributed by atoms with Crippen LogP contribution < -0.4 is 10.2 Å². The SMILES string of the molecule is CC/C(=N\NC(=O)COc1ccc(Cl)cc1Br)c1ccc(-c2ccccc2)cc1. The third kappa shape index (κ3) is 5.92. The topological polar surface area (TPSA) is 50.7 Å². The molecule has 1 N–H and O–H groups in total. The van der Waals surface area contributed by atoms with Crippen molar-refractivity contribution in [1.29, 1.82) is 0 Å². The van der Waals surface area contributed by atoms with Gasteiger partial charge in [-0.3, -0.25) is 4.79 Å². The van der Waals surface area contributed by atoms with E-state index in [1.54, 1.807) is 18.2 Å². The van der Waals surface area contributed by atoms with E-state index in [9.17, 15) is 4.79 Å². The van der Waals surface area contributed by atoms with Gasteiger partial charge in [-0.05, 0) is 57.2 Å². The van der Waals surface area contributed by atoms with Gasteiger partial charge in [-0.1, -0.05) is 73.1 Å². The Labute approximate surface area is 183 Å². The van der Waals surface area contributed by atoms with Crippen molar-refractivity contribution in [3.8, 4) is 16.9 Å². The first-order chi connectivity index (χ1) is 14.1. The molecule has 0 radical (unpaired) electrons. The van der Waals surface area contributed by atoms with Crippen LogP contribution in [0.2, 0.25) is 5.02 Å². The first-order valence-electron chi connectivity index (χ1n) is 9.16. The summed E-state index contributed by atoms with van der Waals surface area (Å²) in [6, 6.07) is 23.4. The van der Waals surface area contributed by atoms with Crippen LogP contribution in [0.1, 0.15) is 18.9 Å². The summed E-state index contributed by atoms with van der Waals surface area (Å²) in [4.78, 5) is 12.1. The lowest BCUT2D eigenvalue weighted by Gasteiger charge is -2.09. The summed E-state index contributed by atoms with van der Waals surface area (Å²) in [6.07, 6.45) is 0.689. The highest BCUT2D eigenvalue weighted by atomic mass is 79.9. The molecule has 1 amide bonds. The molecule has 0 spiro atoms. The van der Waals surface area contributed by atoms with Gasteiger partial charge in [0.15, 0.2) is 6.61 Å². The Hall–Kier alpha value is -2.63. The Balaban J connectivity index is 1.61. The predicted octanol–water partition coefficient (Wildman–Crippen LogP) is 6.08. The predicted molar refractivity (Wildman–Crippen MR) is 121 cm³/mol. The minimum atomic E-state index is -0.335. The number of carbonyl (C=O) groups is 1. The molecule has 0 bridgehead atoms. The van der Waals surface area contributed by atoms with Gasteiger partial charge < -0.3 is 4.74 Å². The van der Waals surface area contributed by atoms with Crippen molar-refractivity contribution < 1.29 is 9.53 Å². The second kappa shape index (κ2) is 10.2. The van der Waals surface area contributed by atoms with Crippen LogP contribution in [0.4, 0.5) is 0 Å². The zero-order valence-corrected chi connectivity index (χ0v) is 18.2. The number of nitrogens with one attached hydrogen (secondary N) is 1. The zero-order valence-electron chi connectivity index (χ0n) is 15.9. The lowest BCUT2D eigenvalue weighted by atomic mass is 10.0. The van der Waals surface area contributed by atoms with Crippen LogP contribution in [0.25, 0.3) is 11.1 Å². The average Bonchev–Trinajstić information content (AvgIpc) is 2.74. The van der Waals surface area contributed by atoms with Crippen molar-refractivity contribution in [1.82, 2.24) is 5.43 Å². The number of amides is 1. The van der Waals surface area contributed by atoms with Gasteiger partial charge in [0.1, 0.15) is 5.75 Å². The van der Waals surface area contributed by atoms with E-state index in [2.05, 4.69) is 50.7 Å². The number of ether oxygens (including phenoxy) is 1. The molecule has 0 aliphatic heterocycles. The molecular weight excluding hydrogens is 452 g/mol. The van der Waals surface area contributed by atoms with Crippen LogP contribution in [-0.2, 0) is 4.79 Å². The number of carbonyl (C=O) groups excluding carboxylic acids is 1. The average molecular weight is 472 g/mol. The standard InChI is InChI=1S/C23H20BrClN2O2/c1-2-21(18-10-8-17(9-11-18)16-6-4-3-5-7-16)26-27-23(28)15-29-22-13-12-19(25)14-20(22)24/h3-14H,2,15H2,1H3,(H,27,28)/b26-21+. The van der Waals surface area contributed by atoms with Crippen LogP contribution in [0.3, 0.4) is 0 Å². The van der Waals surface area contributed by atoms with Crippen molar-refractivity contribution >= 4 is 39.1 Å². The molecule has 148 valence electrons. The van der Waals surface area contributed by atoms with Crippen LogP contribution in [-0.4, -0.2) is 18.2 Å². The van der Waals surface area contributed by atoms with Crippen LogP contribution in [0.15, 0.2) is 82.4 Å². The Kier molecular flexibility index (Phi) is 7.44. The molecule has 4 nitrogen and oxygen atoms in total. The number of rotatable bonds is 7. The summed E-state index contributed by atoms with van der Waals surface area (Å²) in [5.41, 5.74) is 6.62. The van der Waals surface area contributed by atoms with E-state index in [0.717, 1.165) is 22.4 Å². The van der Waals surface area contributed by atoms with E-state index in [1.807, 2.05) is 37.3 Å². The quantitative estimate of drug-likeness (QED) is 0.335. The third-order valence-corrected chi connectivity index (χ3v) is 5.08. The summed E-state index contributed by atoms with van der Waals surface area (Å²) in [6.45, 7) is 1.85. The van der Waals surface area contributed by atoms with Gasteiger partial charge in [-0.2, -0.15) is 5.10 Å². The van der Waals surface area contributed by atoms with E-state index in [0.29, 0.717) is 21.7 Å². The van der Waals surface area contributed by atoms with E-state index in [-0.39, 0.29) is 12.5 Å². The summed E-state index contributed by atoms with van der Waals surface area (Å²) in [5.74, 6) is 0.208. The highest BCUT2D eigenvalue weighted by molar-refractivity contribution is 9.10. The summed E-state index contributed by atoms with van der Waals surface area (Å²) < 4.78 is 6.19. The molecule has 3 rings (SSSR count). The Morgan fingerprint density at radius 1 is 1.03 bits per heavy atom. The molecule has 0 fully saturated rings. The van der Waals surface area contributed by atoms with Crippen molar-refractivity contribution in [2.75, 3.05) is 6.61 Å². The van der Waals surface area contributed by atoms with Gasteiger partial charge in [0.25, 0.3) is 5.91 Å². The molecule has 0 saturated heterocycles. The summed E-state index contributed by atoms with van der Waals surface area (Å²) >= 11 is 9.26. The number of nitrogens with zero attached hydrogens (tertiary/aromatic N) is 1. The molecule has 0 unspecified atom stereocenters. The molecular formula is C23H20BrClN2O2. The number of hydrogen-bond donors (Lipinski definition) is 1. The molecule has 0 heterocycles. The molecule has 0 aliphatic carbocycles. The van der Waals surface area contributed by atoms with Crippen molar-refractivity contribution in [2.45, 2.75) is 13.3 Å². The van der Waals surface area contributed by atoms with Crippen LogP contribution in [0.5, 0.6) is 5.75 Å². The van der Waals surface area contributed by atoms with Crippen molar-refractivity contribution in [3.05, 3.63) is 87.9 Å². The number of hydrazone groups is 1. The van der Waals surface area contributed by atoms with Crippen LogP contribution >= 0.6 is 27.5 Å². The lowest BCUT2D eigenvalue weighted by Crippen LogP contribution is -2.26. The fourth-order valence-corrected chi connectivity index (χ4v) is 3.53. The second-order valence-electron chi connectivity index (χ2n) is 6.25. The molecule has 29 heavy (non-hydrogen) atoms. The Morgan fingerprint density at radius 3 is 2.38 bits per heavy atom. The zero-order chi connectivity index (χ0) is 20.6. The first-order valence-corrected chi connectivity index (χ1v) is 10.3. The largest absolute Gasteiger partial charge is 0.483 e. The number of hydrogen-bond acceptors (Lipinski definition) is 3. The number of benzene rings is 3. The first kappa shape index (κ1) is 21.1.